The van der Waals surface area contributed by atoms with Crippen LogP contribution in [0.1, 0.15) is 21.5 Å². The van der Waals surface area contributed by atoms with Crippen molar-refractivity contribution < 1.29 is 17.6 Å². The monoisotopic (exact) mass is 438 g/mol. The number of rotatable bonds is 7. The number of nitrogens with one attached hydrogen (secondary N) is 1. The highest BCUT2D eigenvalue weighted by Crippen LogP contribution is 2.25. The smallest absolute Gasteiger partial charge is 0.264 e. The first-order chi connectivity index (χ1) is 14.7. The maximum absolute atomic E-state index is 14.4. The zero-order chi connectivity index (χ0) is 22.6. The zero-order valence-corrected chi connectivity index (χ0v) is 18.1. The molecular weight excluding hydrogens is 415 g/mol. The molecule has 0 saturated carbocycles. The molecule has 0 unspecified atom stereocenters. The van der Waals surface area contributed by atoms with Crippen LogP contribution in [0.4, 0.5) is 15.8 Å². The lowest BCUT2D eigenvalue weighted by molar-refractivity contribution is 0.102. The average Bonchev–Trinajstić information content (AvgIpc) is 2.75. The van der Waals surface area contributed by atoms with E-state index in [1.807, 2.05) is 19.9 Å². The Hall–Kier alpha value is -3.45. The van der Waals surface area contributed by atoms with E-state index in [4.69, 9.17) is 0 Å². The van der Waals surface area contributed by atoms with Crippen molar-refractivity contribution in [2.75, 3.05) is 16.2 Å². The molecule has 0 aliphatic carbocycles. The third-order valence-corrected chi connectivity index (χ3v) is 6.66. The maximum atomic E-state index is 14.4. The Morgan fingerprint density at radius 2 is 1.74 bits per heavy atom. The fraction of sp³-hybridized carbons (Fsp3) is 0.125. The molecule has 160 valence electrons. The number of hydrogen-bond donors (Lipinski definition) is 1. The van der Waals surface area contributed by atoms with Crippen LogP contribution in [0, 0.1) is 19.7 Å². The van der Waals surface area contributed by atoms with Crippen molar-refractivity contribution in [3.8, 4) is 0 Å². The van der Waals surface area contributed by atoms with Crippen LogP contribution >= 0.6 is 0 Å². The number of benzene rings is 3. The van der Waals surface area contributed by atoms with Gasteiger partial charge in [-0.05, 0) is 67.4 Å². The van der Waals surface area contributed by atoms with Gasteiger partial charge in [0.25, 0.3) is 15.9 Å². The van der Waals surface area contributed by atoms with Gasteiger partial charge >= 0.3 is 0 Å². The van der Waals surface area contributed by atoms with E-state index in [0.717, 1.165) is 33.6 Å². The Morgan fingerprint density at radius 1 is 1.03 bits per heavy atom. The molecule has 0 spiro atoms. The van der Waals surface area contributed by atoms with Crippen molar-refractivity contribution in [2.24, 2.45) is 0 Å². The van der Waals surface area contributed by atoms with E-state index in [2.05, 4.69) is 11.9 Å². The molecular formula is C24H23FN2O3S. The van der Waals surface area contributed by atoms with Crippen LogP contribution in [0.3, 0.4) is 0 Å². The SMILES string of the molecule is C=CCN(c1ccccc1)S(=O)(=O)c1ccc(F)c(C(=O)Nc2ccc(C)c(C)c2)c1. The molecule has 3 aromatic carbocycles. The number of aryl methyl sites for hydroxylation is 2. The molecule has 0 bridgehead atoms. The van der Waals surface area contributed by atoms with E-state index < -0.39 is 21.7 Å². The molecule has 0 aliphatic rings. The van der Waals surface area contributed by atoms with Crippen molar-refractivity contribution >= 4 is 27.3 Å². The highest BCUT2D eigenvalue weighted by molar-refractivity contribution is 7.92. The summed E-state index contributed by atoms with van der Waals surface area (Å²) >= 11 is 0. The Morgan fingerprint density at radius 3 is 2.39 bits per heavy atom. The first kappa shape index (κ1) is 22.2. The van der Waals surface area contributed by atoms with Gasteiger partial charge in [0, 0.05) is 5.69 Å². The van der Waals surface area contributed by atoms with Crippen LogP contribution in [-0.4, -0.2) is 20.9 Å². The van der Waals surface area contributed by atoms with Crippen LogP contribution in [0.2, 0.25) is 0 Å². The average molecular weight is 439 g/mol. The predicted molar refractivity (Wildman–Crippen MR) is 121 cm³/mol. The molecule has 3 aromatic rings. The number of halogens is 1. The minimum Gasteiger partial charge on any atom is -0.322 e. The summed E-state index contributed by atoms with van der Waals surface area (Å²) in [6, 6.07) is 17.0. The van der Waals surface area contributed by atoms with Gasteiger partial charge in [0.15, 0.2) is 0 Å². The fourth-order valence-corrected chi connectivity index (χ4v) is 4.50. The van der Waals surface area contributed by atoms with Crippen molar-refractivity contribution in [1.29, 1.82) is 0 Å². The van der Waals surface area contributed by atoms with Crippen molar-refractivity contribution in [2.45, 2.75) is 18.7 Å². The van der Waals surface area contributed by atoms with Crippen LogP contribution in [0.5, 0.6) is 0 Å². The summed E-state index contributed by atoms with van der Waals surface area (Å²) in [6.45, 7) is 7.49. The Balaban J connectivity index is 1.97. The topological polar surface area (TPSA) is 66.5 Å². The molecule has 0 fully saturated rings. The lowest BCUT2D eigenvalue weighted by atomic mass is 10.1. The van der Waals surface area contributed by atoms with E-state index in [1.54, 1.807) is 42.5 Å². The normalized spacial score (nSPS) is 11.1. The minimum atomic E-state index is -4.06. The lowest BCUT2D eigenvalue weighted by Crippen LogP contribution is -2.31. The number of carbonyl (C=O) groups excluding carboxylic acids is 1. The summed E-state index contributed by atoms with van der Waals surface area (Å²) in [5.74, 6) is -1.54. The first-order valence-electron chi connectivity index (χ1n) is 9.61. The summed E-state index contributed by atoms with van der Waals surface area (Å²) in [6.07, 6.45) is 1.46. The van der Waals surface area contributed by atoms with Gasteiger partial charge in [-0.25, -0.2) is 12.8 Å². The number of hydrogen-bond acceptors (Lipinski definition) is 3. The molecule has 1 N–H and O–H groups in total. The third-order valence-electron chi connectivity index (χ3n) is 4.87. The molecule has 31 heavy (non-hydrogen) atoms. The second-order valence-electron chi connectivity index (χ2n) is 7.06. The van der Waals surface area contributed by atoms with Crippen LogP contribution in [-0.2, 0) is 10.0 Å². The number of sulfonamides is 1. The molecule has 3 rings (SSSR count). The second-order valence-corrected chi connectivity index (χ2v) is 8.92. The van der Waals surface area contributed by atoms with Crippen molar-refractivity contribution in [1.82, 2.24) is 0 Å². The molecule has 0 aliphatic heterocycles. The molecule has 0 aromatic heterocycles. The van der Waals surface area contributed by atoms with Crippen molar-refractivity contribution in [3.05, 3.63) is 102 Å². The van der Waals surface area contributed by atoms with Gasteiger partial charge in [0.1, 0.15) is 5.82 Å². The van der Waals surface area contributed by atoms with Crippen LogP contribution in [0.25, 0.3) is 0 Å². The van der Waals surface area contributed by atoms with E-state index in [0.29, 0.717) is 11.4 Å². The summed E-state index contributed by atoms with van der Waals surface area (Å²) in [5.41, 5.74) is 2.61. The highest BCUT2D eigenvalue weighted by atomic mass is 32.2. The van der Waals surface area contributed by atoms with Gasteiger partial charge in [-0.2, -0.15) is 0 Å². The highest BCUT2D eigenvalue weighted by Gasteiger charge is 2.26. The Kier molecular flexibility index (Phi) is 6.56. The van der Waals surface area contributed by atoms with Gasteiger partial charge in [0.2, 0.25) is 0 Å². The van der Waals surface area contributed by atoms with Gasteiger partial charge in [-0.3, -0.25) is 9.10 Å². The number of anilines is 2. The molecule has 1 amide bonds. The van der Waals surface area contributed by atoms with Gasteiger partial charge in [-0.1, -0.05) is 30.3 Å². The number of amides is 1. The zero-order valence-electron chi connectivity index (χ0n) is 17.3. The van der Waals surface area contributed by atoms with E-state index in [9.17, 15) is 17.6 Å². The number of para-hydroxylation sites is 1. The summed E-state index contributed by atoms with van der Waals surface area (Å²) < 4.78 is 42.1. The van der Waals surface area contributed by atoms with Crippen LogP contribution < -0.4 is 9.62 Å². The van der Waals surface area contributed by atoms with Crippen molar-refractivity contribution in [3.63, 3.8) is 0 Å². The van der Waals surface area contributed by atoms with Gasteiger partial charge < -0.3 is 5.32 Å². The number of carbonyl (C=O) groups is 1. The summed E-state index contributed by atoms with van der Waals surface area (Å²) in [7, 11) is -4.06. The second kappa shape index (κ2) is 9.14. The Labute approximate surface area is 181 Å². The molecule has 0 radical (unpaired) electrons. The predicted octanol–water partition coefficient (Wildman–Crippen LogP) is 5.08. The first-order valence-corrected chi connectivity index (χ1v) is 11.0. The maximum Gasteiger partial charge on any atom is 0.264 e. The van der Waals surface area contributed by atoms with Gasteiger partial charge in [0.05, 0.1) is 22.7 Å². The molecule has 0 saturated heterocycles. The standard InChI is InChI=1S/C24H23FN2O3S/c1-4-14-27(20-8-6-5-7-9-20)31(29,30)21-12-13-23(25)22(16-21)24(28)26-19-11-10-17(2)18(3)15-19/h4-13,15-16H,1,14H2,2-3H3,(H,26,28). The van der Waals surface area contributed by atoms with Crippen LogP contribution in [0.15, 0.2) is 84.3 Å². The summed E-state index contributed by atoms with van der Waals surface area (Å²) in [4.78, 5) is 12.5. The molecule has 5 nitrogen and oxygen atoms in total. The molecule has 0 atom stereocenters. The number of nitrogens with zero attached hydrogens (tertiary/aromatic N) is 1. The summed E-state index contributed by atoms with van der Waals surface area (Å²) in [5, 5.41) is 2.63. The lowest BCUT2D eigenvalue weighted by Gasteiger charge is -2.23. The molecule has 0 heterocycles. The largest absolute Gasteiger partial charge is 0.322 e. The van der Waals surface area contributed by atoms with E-state index >= 15 is 0 Å². The quantitative estimate of drug-likeness (QED) is 0.524. The van der Waals surface area contributed by atoms with Gasteiger partial charge in [-0.15, -0.1) is 6.58 Å². The minimum absolute atomic E-state index is 0.0217. The van der Waals surface area contributed by atoms with E-state index in [1.165, 1.54) is 6.08 Å². The van der Waals surface area contributed by atoms with E-state index in [-0.39, 0.29) is 17.0 Å². The Bertz CT molecular complexity index is 1220. The fourth-order valence-electron chi connectivity index (χ4n) is 3.04. The molecule has 7 heteroatoms. The third kappa shape index (κ3) is 4.83.